The number of hydrogen-bond acceptors (Lipinski definition) is 5. The summed E-state index contributed by atoms with van der Waals surface area (Å²) in [5, 5.41) is 0.155. The van der Waals surface area contributed by atoms with E-state index in [-0.39, 0.29) is 17.5 Å². The van der Waals surface area contributed by atoms with Gasteiger partial charge in [-0.3, -0.25) is 4.90 Å². The summed E-state index contributed by atoms with van der Waals surface area (Å²) < 4.78 is 32.5. The second-order valence-corrected chi connectivity index (χ2v) is 9.68. The Morgan fingerprint density at radius 3 is 2.67 bits per heavy atom. The number of benzene rings is 1. The van der Waals surface area contributed by atoms with Gasteiger partial charge < -0.3 is 9.30 Å². The summed E-state index contributed by atoms with van der Waals surface area (Å²) in [6, 6.07) is 10.6. The number of sulfone groups is 1. The first-order valence-corrected chi connectivity index (χ1v) is 11.3. The Morgan fingerprint density at radius 2 is 2.00 bits per heavy atom. The van der Waals surface area contributed by atoms with E-state index >= 15 is 0 Å². The molecule has 2 fully saturated rings. The number of fused-ring (bicyclic) bond motifs is 2. The molecule has 2 atom stereocenters. The Morgan fingerprint density at radius 1 is 1.19 bits per heavy atom. The lowest BCUT2D eigenvalue weighted by molar-refractivity contribution is 0.200. The van der Waals surface area contributed by atoms with Gasteiger partial charge in [-0.1, -0.05) is 30.3 Å². The number of piperidine rings is 1. The van der Waals surface area contributed by atoms with Gasteiger partial charge in [0.1, 0.15) is 0 Å². The van der Waals surface area contributed by atoms with Crippen molar-refractivity contribution in [3.8, 4) is 0 Å². The number of rotatable bonds is 8. The molecule has 7 heteroatoms. The van der Waals surface area contributed by atoms with Crippen LogP contribution in [0.5, 0.6) is 0 Å². The van der Waals surface area contributed by atoms with Gasteiger partial charge >= 0.3 is 0 Å². The third-order valence-electron chi connectivity index (χ3n) is 5.81. The van der Waals surface area contributed by atoms with E-state index in [4.69, 9.17) is 4.74 Å². The summed E-state index contributed by atoms with van der Waals surface area (Å²) in [6.45, 7) is 2.57. The summed E-state index contributed by atoms with van der Waals surface area (Å²) in [6.07, 6.45) is 5.62. The van der Waals surface area contributed by atoms with Gasteiger partial charge in [0, 0.05) is 26.2 Å². The standard InChI is InChI=1S/C20H27N3O3S/c1-26-9-10-27(24,25)20-21-12-19(15-22-13-17-7-8-18(22)11-17)23(20)14-16-5-3-2-4-6-16/h2-6,12,17-18H,7-11,13-15H2,1H3/t17-,18-/m0/s1. The second-order valence-electron chi connectivity index (χ2n) is 7.68. The lowest BCUT2D eigenvalue weighted by atomic mass is 10.1. The highest BCUT2D eigenvalue weighted by molar-refractivity contribution is 7.91. The zero-order valence-electron chi connectivity index (χ0n) is 15.8. The average molecular weight is 390 g/mol. The highest BCUT2D eigenvalue weighted by atomic mass is 32.2. The van der Waals surface area contributed by atoms with Gasteiger partial charge in [-0.05, 0) is 30.7 Å². The fraction of sp³-hybridized carbons (Fsp3) is 0.550. The van der Waals surface area contributed by atoms with Crippen molar-refractivity contribution >= 4 is 9.84 Å². The van der Waals surface area contributed by atoms with E-state index in [0.717, 1.165) is 30.3 Å². The SMILES string of the molecule is COCCS(=O)(=O)c1ncc(CN2C[C@H]3CC[C@H]2C3)n1Cc1ccccc1. The molecule has 2 aromatic rings. The summed E-state index contributed by atoms with van der Waals surface area (Å²) >= 11 is 0. The second kappa shape index (κ2) is 7.73. The van der Waals surface area contributed by atoms with E-state index in [1.807, 2.05) is 34.9 Å². The monoisotopic (exact) mass is 389 g/mol. The highest BCUT2D eigenvalue weighted by Gasteiger charge is 2.38. The van der Waals surface area contributed by atoms with E-state index in [9.17, 15) is 8.42 Å². The molecule has 4 rings (SSSR count). The Labute approximate surface area is 161 Å². The molecule has 1 saturated heterocycles. The van der Waals surface area contributed by atoms with Crippen LogP contribution in [-0.2, 0) is 27.7 Å². The van der Waals surface area contributed by atoms with Gasteiger partial charge in [-0.25, -0.2) is 13.4 Å². The average Bonchev–Trinajstić information content (AvgIpc) is 3.38. The van der Waals surface area contributed by atoms with Crippen LogP contribution in [0.1, 0.15) is 30.5 Å². The van der Waals surface area contributed by atoms with E-state index in [2.05, 4.69) is 9.88 Å². The number of nitrogens with zero attached hydrogens (tertiary/aromatic N) is 3. The van der Waals surface area contributed by atoms with Gasteiger partial charge in [0.05, 0.1) is 30.8 Å². The first kappa shape index (κ1) is 18.7. The van der Waals surface area contributed by atoms with Gasteiger partial charge in [0.15, 0.2) is 0 Å². The van der Waals surface area contributed by atoms with E-state index in [0.29, 0.717) is 12.6 Å². The Hall–Kier alpha value is -1.70. The van der Waals surface area contributed by atoms with E-state index in [1.165, 1.54) is 26.4 Å². The molecule has 2 aliphatic rings. The number of imidazole rings is 1. The molecule has 1 aromatic heterocycles. The number of likely N-dealkylation sites (tertiary alicyclic amines) is 1. The molecule has 27 heavy (non-hydrogen) atoms. The Kier molecular flexibility index (Phi) is 5.34. The Balaban J connectivity index is 1.64. The van der Waals surface area contributed by atoms with Crippen molar-refractivity contribution < 1.29 is 13.2 Å². The van der Waals surface area contributed by atoms with Crippen LogP contribution in [0.2, 0.25) is 0 Å². The maximum absolute atomic E-state index is 12.8. The first-order chi connectivity index (χ1) is 13.1. The molecular weight excluding hydrogens is 362 g/mol. The fourth-order valence-corrected chi connectivity index (χ4v) is 5.71. The third-order valence-corrected chi connectivity index (χ3v) is 7.39. The van der Waals surface area contributed by atoms with Gasteiger partial charge in [-0.2, -0.15) is 0 Å². The van der Waals surface area contributed by atoms with Gasteiger partial charge in [0.2, 0.25) is 15.0 Å². The van der Waals surface area contributed by atoms with Crippen LogP contribution in [0.15, 0.2) is 41.7 Å². The quantitative estimate of drug-likeness (QED) is 0.693. The van der Waals surface area contributed by atoms with Crippen LogP contribution in [0.3, 0.4) is 0 Å². The number of aromatic nitrogens is 2. The van der Waals surface area contributed by atoms with Crippen molar-refractivity contribution in [1.29, 1.82) is 0 Å². The molecule has 0 unspecified atom stereocenters. The molecule has 2 bridgehead atoms. The minimum absolute atomic E-state index is 0.0524. The molecule has 1 aliphatic carbocycles. The molecule has 6 nitrogen and oxygen atoms in total. The number of ether oxygens (including phenoxy) is 1. The molecule has 146 valence electrons. The first-order valence-electron chi connectivity index (χ1n) is 9.61. The van der Waals surface area contributed by atoms with E-state index < -0.39 is 9.84 Å². The predicted molar refractivity (Wildman–Crippen MR) is 103 cm³/mol. The van der Waals surface area contributed by atoms with Gasteiger partial charge in [0.25, 0.3) is 0 Å². The van der Waals surface area contributed by atoms with Crippen molar-refractivity contribution in [2.24, 2.45) is 5.92 Å². The van der Waals surface area contributed by atoms with Gasteiger partial charge in [-0.15, -0.1) is 0 Å². The number of methoxy groups -OCH3 is 1. The Bertz CT molecular complexity index is 879. The molecule has 0 N–H and O–H groups in total. The van der Waals surface area contributed by atoms with Crippen molar-refractivity contribution in [1.82, 2.24) is 14.5 Å². The zero-order chi connectivity index (χ0) is 18.9. The smallest absolute Gasteiger partial charge is 0.228 e. The zero-order valence-corrected chi connectivity index (χ0v) is 16.6. The summed E-state index contributed by atoms with van der Waals surface area (Å²) in [5.74, 6) is 0.758. The van der Waals surface area contributed by atoms with Crippen LogP contribution < -0.4 is 0 Å². The lowest BCUT2D eigenvalue weighted by Gasteiger charge is -2.27. The molecule has 0 spiro atoms. The molecular formula is C20H27N3O3S. The fourth-order valence-electron chi connectivity index (χ4n) is 4.41. The topological polar surface area (TPSA) is 64.4 Å². The molecule has 2 heterocycles. The van der Waals surface area contributed by atoms with Crippen LogP contribution >= 0.6 is 0 Å². The maximum Gasteiger partial charge on any atom is 0.228 e. The molecule has 1 aliphatic heterocycles. The highest BCUT2D eigenvalue weighted by Crippen LogP contribution is 2.38. The maximum atomic E-state index is 12.8. The summed E-state index contributed by atoms with van der Waals surface area (Å²) in [5.41, 5.74) is 2.05. The normalized spacial score (nSPS) is 22.6. The van der Waals surface area contributed by atoms with Crippen LogP contribution in [-0.4, -0.2) is 54.9 Å². The number of hydrogen-bond donors (Lipinski definition) is 0. The molecule has 1 aromatic carbocycles. The molecule has 0 amide bonds. The van der Waals surface area contributed by atoms with Crippen molar-refractivity contribution in [3.05, 3.63) is 47.8 Å². The lowest BCUT2D eigenvalue weighted by Crippen LogP contribution is -2.32. The van der Waals surface area contributed by atoms with Crippen LogP contribution in [0, 0.1) is 5.92 Å². The van der Waals surface area contributed by atoms with E-state index in [1.54, 1.807) is 6.20 Å². The molecule has 0 radical (unpaired) electrons. The predicted octanol–water partition coefficient (Wildman–Crippen LogP) is 2.34. The van der Waals surface area contributed by atoms with Crippen molar-refractivity contribution in [3.63, 3.8) is 0 Å². The van der Waals surface area contributed by atoms with Crippen molar-refractivity contribution in [2.45, 2.75) is 43.6 Å². The summed E-state index contributed by atoms with van der Waals surface area (Å²) in [4.78, 5) is 6.83. The van der Waals surface area contributed by atoms with Crippen LogP contribution in [0.4, 0.5) is 0 Å². The summed E-state index contributed by atoms with van der Waals surface area (Å²) in [7, 11) is -1.97. The van der Waals surface area contributed by atoms with Crippen molar-refractivity contribution in [2.75, 3.05) is 26.0 Å². The third kappa shape index (κ3) is 3.95. The minimum atomic E-state index is -3.49. The molecule has 1 saturated carbocycles. The largest absolute Gasteiger partial charge is 0.384 e. The van der Waals surface area contributed by atoms with Crippen LogP contribution in [0.25, 0.3) is 0 Å². The minimum Gasteiger partial charge on any atom is -0.384 e.